The molecule has 148 valence electrons. The topological polar surface area (TPSA) is 146 Å². The Labute approximate surface area is 167 Å². The van der Waals surface area contributed by atoms with E-state index >= 15 is 0 Å². The van der Waals surface area contributed by atoms with Gasteiger partial charge in [0.25, 0.3) is 5.95 Å². The van der Waals surface area contributed by atoms with Crippen molar-refractivity contribution in [2.24, 2.45) is 10.7 Å². The van der Waals surface area contributed by atoms with E-state index in [2.05, 4.69) is 31.8 Å². The first-order valence-electron chi connectivity index (χ1n) is 8.93. The molecule has 2 heterocycles. The van der Waals surface area contributed by atoms with Crippen LogP contribution in [0.15, 0.2) is 66.6 Å². The number of anilines is 1. The summed E-state index contributed by atoms with van der Waals surface area (Å²) >= 11 is 0. The van der Waals surface area contributed by atoms with Crippen molar-refractivity contribution in [2.75, 3.05) is 18.5 Å². The molecule has 2 aromatic heterocycles. The van der Waals surface area contributed by atoms with Crippen LogP contribution in [0.25, 0.3) is 22.2 Å². The highest BCUT2D eigenvalue weighted by atomic mass is 16.3. The maximum atomic E-state index is 11.5. The smallest absolute Gasteiger partial charge is 0.251 e. The number of aliphatic hydroxyl groups excluding tert-OH is 1. The van der Waals surface area contributed by atoms with Gasteiger partial charge in [0, 0.05) is 40.6 Å². The minimum absolute atomic E-state index is 0.0826. The van der Waals surface area contributed by atoms with Gasteiger partial charge in [0.2, 0.25) is 5.91 Å². The molecular formula is C20H22N7O2+. The molecule has 0 fully saturated rings. The molecule has 3 rings (SSSR count). The first-order valence-corrected chi connectivity index (χ1v) is 8.93. The highest BCUT2D eigenvalue weighted by Crippen LogP contribution is 2.29. The van der Waals surface area contributed by atoms with Crippen molar-refractivity contribution in [3.63, 3.8) is 0 Å². The van der Waals surface area contributed by atoms with Crippen LogP contribution in [0.4, 0.5) is 11.6 Å². The third-order valence-electron chi connectivity index (χ3n) is 3.98. The van der Waals surface area contributed by atoms with Crippen molar-refractivity contribution in [1.29, 1.82) is 0 Å². The van der Waals surface area contributed by atoms with Crippen LogP contribution >= 0.6 is 0 Å². The zero-order valence-electron chi connectivity index (χ0n) is 15.7. The lowest BCUT2D eigenvalue weighted by Gasteiger charge is -2.03. The number of aromatic amines is 1. The van der Waals surface area contributed by atoms with Crippen LogP contribution in [0.1, 0.15) is 0 Å². The lowest BCUT2D eigenvalue weighted by molar-refractivity contribution is -0.589. The summed E-state index contributed by atoms with van der Waals surface area (Å²) < 4.78 is 0. The molecule has 0 aliphatic carbocycles. The summed E-state index contributed by atoms with van der Waals surface area (Å²) in [5.74, 6) is 0.240. The molecule has 0 aliphatic rings. The van der Waals surface area contributed by atoms with Gasteiger partial charge in [-0.25, -0.2) is 9.97 Å². The zero-order chi connectivity index (χ0) is 20.6. The number of hydrogen-bond donors (Lipinski definition) is 5. The predicted octanol–water partition coefficient (Wildman–Crippen LogP) is 0.807. The molecule has 7 N–H and O–H groups in total. The number of nitrogens with two attached hydrogens (primary N) is 2. The van der Waals surface area contributed by atoms with Crippen LogP contribution in [0.5, 0.6) is 0 Å². The number of benzene rings is 1. The number of H-pyrrole nitrogens is 1. The largest absolute Gasteiger partial charge is 0.391 e. The first-order chi connectivity index (χ1) is 14.1. The summed E-state index contributed by atoms with van der Waals surface area (Å²) in [5.41, 5.74) is 8.96. The standard InChI is InChI=1S/C20H21N7O2/c1-2-19(29)25-13-3-4-14-15(12-24-17(14)11-13)16-5-8-23-20(26-16)27-18(21)6-7-22-9-10-28/h2-8,11-12,22,24,28H,1,9-10H2,(H,25,29)(H2,21,23,26,27)/p+1/b7-6-. The summed E-state index contributed by atoms with van der Waals surface area (Å²) in [7, 11) is 0. The first kappa shape index (κ1) is 19.9. The van der Waals surface area contributed by atoms with Crippen LogP contribution in [0.3, 0.4) is 0 Å². The molecular weight excluding hydrogens is 370 g/mol. The Morgan fingerprint density at radius 2 is 2.28 bits per heavy atom. The van der Waals surface area contributed by atoms with Crippen LogP contribution < -0.4 is 16.4 Å². The number of aliphatic imine (C=N–C) groups is 1. The quantitative estimate of drug-likeness (QED) is 0.167. The normalized spacial score (nSPS) is 11.8. The summed E-state index contributed by atoms with van der Waals surface area (Å²) in [5, 5.41) is 14.2. The Kier molecular flexibility index (Phi) is 6.46. The molecule has 0 aliphatic heterocycles. The number of rotatable bonds is 8. The van der Waals surface area contributed by atoms with Crippen molar-refractivity contribution in [3.05, 3.63) is 61.6 Å². The molecule has 0 atom stereocenters. The lowest BCUT2D eigenvalue weighted by Crippen LogP contribution is -2.79. The molecule has 29 heavy (non-hydrogen) atoms. The maximum absolute atomic E-state index is 11.5. The van der Waals surface area contributed by atoms with Crippen molar-refractivity contribution < 1.29 is 15.2 Å². The van der Waals surface area contributed by atoms with Gasteiger partial charge in [-0.05, 0) is 24.3 Å². The van der Waals surface area contributed by atoms with Gasteiger partial charge in [0.05, 0.1) is 18.5 Å². The van der Waals surface area contributed by atoms with Gasteiger partial charge in [0.1, 0.15) is 12.4 Å². The molecule has 0 unspecified atom stereocenters. The number of hydrogen-bond acceptors (Lipinski definition) is 5. The Balaban J connectivity index is 1.85. The Bertz CT molecular complexity index is 1090. The summed E-state index contributed by atoms with van der Waals surface area (Å²) in [4.78, 5) is 27.5. The molecule has 0 saturated carbocycles. The number of amides is 1. The van der Waals surface area contributed by atoms with Crippen LogP contribution in [-0.2, 0) is 4.79 Å². The molecule has 0 radical (unpaired) electrons. The van der Waals surface area contributed by atoms with Crippen LogP contribution in [0, 0.1) is 0 Å². The SMILES string of the molecule is C=CC(=O)Nc1ccc2c(-c3ccnc(/N=C(N)\C=C/[NH2+]CCO)n3)c[nH]c2c1. The third-order valence-corrected chi connectivity index (χ3v) is 3.98. The Hall–Kier alpha value is -3.82. The molecule has 1 amide bonds. The summed E-state index contributed by atoms with van der Waals surface area (Å²) in [6, 6.07) is 7.34. The summed E-state index contributed by atoms with van der Waals surface area (Å²) in [6.45, 7) is 4.08. The molecule has 0 saturated heterocycles. The molecule has 3 aromatic rings. The summed E-state index contributed by atoms with van der Waals surface area (Å²) in [6.07, 6.45) is 8.02. The number of carbonyl (C=O) groups is 1. The minimum atomic E-state index is -0.268. The number of quaternary nitrogens is 1. The van der Waals surface area contributed by atoms with Gasteiger partial charge in [-0.1, -0.05) is 12.6 Å². The number of aliphatic hydroxyl groups is 1. The van der Waals surface area contributed by atoms with Crippen LogP contribution in [-0.4, -0.2) is 45.0 Å². The number of nitrogens with zero attached hydrogens (tertiary/aromatic N) is 3. The number of amidine groups is 1. The monoisotopic (exact) mass is 392 g/mol. The fourth-order valence-electron chi connectivity index (χ4n) is 2.65. The number of aromatic nitrogens is 3. The second kappa shape index (κ2) is 9.40. The van der Waals surface area contributed by atoms with E-state index in [9.17, 15) is 4.79 Å². The molecule has 0 spiro atoms. The minimum Gasteiger partial charge on any atom is -0.391 e. The highest BCUT2D eigenvalue weighted by Gasteiger charge is 2.10. The van der Waals surface area contributed by atoms with Gasteiger partial charge >= 0.3 is 0 Å². The lowest BCUT2D eigenvalue weighted by atomic mass is 10.1. The molecule has 1 aromatic carbocycles. The van der Waals surface area contributed by atoms with E-state index in [0.717, 1.165) is 16.5 Å². The van der Waals surface area contributed by atoms with Crippen molar-refractivity contribution in [1.82, 2.24) is 15.0 Å². The van der Waals surface area contributed by atoms with Gasteiger partial charge < -0.3 is 26.5 Å². The highest BCUT2D eigenvalue weighted by molar-refractivity contribution is 6.02. The maximum Gasteiger partial charge on any atom is 0.251 e. The van der Waals surface area contributed by atoms with E-state index in [4.69, 9.17) is 10.8 Å². The number of carbonyl (C=O) groups excluding carboxylic acids is 1. The van der Waals surface area contributed by atoms with E-state index in [1.54, 1.807) is 29.9 Å². The number of fused-ring (bicyclic) bond motifs is 1. The Morgan fingerprint density at radius 1 is 1.41 bits per heavy atom. The Morgan fingerprint density at radius 3 is 3.07 bits per heavy atom. The van der Waals surface area contributed by atoms with Crippen LogP contribution in [0.2, 0.25) is 0 Å². The van der Waals surface area contributed by atoms with E-state index in [0.29, 0.717) is 17.9 Å². The fraction of sp³-hybridized carbons (Fsp3) is 0.100. The van der Waals surface area contributed by atoms with Gasteiger partial charge in [0.15, 0.2) is 0 Å². The van der Waals surface area contributed by atoms with Crippen molar-refractivity contribution >= 4 is 34.3 Å². The third kappa shape index (κ3) is 5.12. The molecule has 9 nitrogen and oxygen atoms in total. The average Bonchev–Trinajstić information content (AvgIpc) is 3.14. The van der Waals surface area contributed by atoms with Gasteiger partial charge in [-0.15, -0.1) is 0 Å². The van der Waals surface area contributed by atoms with E-state index in [-0.39, 0.29) is 24.3 Å². The van der Waals surface area contributed by atoms with E-state index in [1.165, 1.54) is 6.08 Å². The fourth-order valence-corrected chi connectivity index (χ4v) is 2.65. The van der Waals surface area contributed by atoms with Gasteiger partial charge in [-0.2, -0.15) is 4.99 Å². The second-order valence-corrected chi connectivity index (χ2v) is 6.04. The number of nitrogens with one attached hydrogen (secondary N) is 2. The van der Waals surface area contributed by atoms with E-state index in [1.807, 2.05) is 24.4 Å². The predicted molar refractivity (Wildman–Crippen MR) is 112 cm³/mol. The average molecular weight is 392 g/mol. The van der Waals surface area contributed by atoms with E-state index < -0.39 is 0 Å². The zero-order valence-corrected chi connectivity index (χ0v) is 15.7. The molecule has 0 bridgehead atoms. The second-order valence-electron chi connectivity index (χ2n) is 6.04. The molecule has 9 heteroatoms. The van der Waals surface area contributed by atoms with Crippen molar-refractivity contribution in [3.8, 4) is 11.3 Å². The van der Waals surface area contributed by atoms with Gasteiger partial charge in [-0.3, -0.25) is 4.79 Å². The van der Waals surface area contributed by atoms with Crippen molar-refractivity contribution in [2.45, 2.75) is 0 Å².